The number of allylic oxidation sites excluding steroid dienone is 5. The Balaban J connectivity index is 0.00000121. The van der Waals surface area contributed by atoms with Gasteiger partial charge in [0.2, 0.25) is 0 Å². The van der Waals surface area contributed by atoms with Gasteiger partial charge < -0.3 is 5.11 Å². The summed E-state index contributed by atoms with van der Waals surface area (Å²) < 4.78 is 0. The normalized spacial score (nSPS) is 10.9. The molecule has 0 radical (unpaired) electrons. The number of hydrogen-bond acceptors (Lipinski definition) is 1. The molecule has 1 aromatic carbocycles. The van der Waals surface area contributed by atoms with Gasteiger partial charge in [0.1, 0.15) is 0 Å². The van der Waals surface area contributed by atoms with Gasteiger partial charge in [0.25, 0.3) is 0 Å². The third-order valence-corrected chi connectivity index (χ3v) is 2.24. The molecule has 0 spiro atoms. The van der Waals surface area contributed by atoms with Gasteiger partial charge in [-0.2, -0.15) is 0 Å². The SMILES string of the molecule is C=C/C=C(\C=C/C)Cc1ccc(C)cc1.CO. The number of hydrogen-bond donors (Lipinski definition) is 1. The van der Waals surface area contributed by atoms with Crippen LogP contribution in [0.1, 0.15) is 18.1 Å². The van der Waals surface area contributed by atoms with E-state index >= 15 is 0 Å². The van der Waals surface area contributed by atoms with Crippen molar-refractivity contribution in [3.8, 4) is 0 Å². The molecule has 0 unspecified atom stereocenters. The highest BCUT2D eigenvalue weighted by Gasteiger charge is 1.95. The summed E-state index contributed by atoms with van der Waals surface area (Å²) in [7, 11) is 1.00. The summed E-state index contributed by atoms with van der Waals surface area (Å²) in [5.41, 5.74) is 3.93. The number of aryl methyl sites for hydroxylation is 1. The Labute approximate surface area is 105 Å². The number of rotatable bonds is 4. The average molecular weight is 230 g/mol. The summed E-state index contributed by atoms with van der Waals surface area (Å²) >= 11 is 0. The second-order valence-electron chi connectivity index (χ2n) is 3.64. The zero-order valence-corrected chi connectivity index (χ0v) is 11.0. The molecule has 17 heavy (non-hydrogen) atoms. The van der Waals surface area contributed by atoms with Crippen molar-refractivity contribution in [2.45, 2.75) is 20.3 Å². The molecule has 1 rings (SSSR count). The summed E-state index contributed by atoms with van der Waals surface area (Å²) in [5.74, 6) is 0. The minimum absolute atomic E-state index is 0.969. The highest BCUT2D eigenvalue weighted by Crippen LogP contribution is 2.10. The van der Waals surface area contributed by atoms with Crippen LogP contribution in [0, 0.1) is 6.92 Å². The molecule has 0 aliphatic heterocycles. The second-order valence-corrected chi connectivity index (χ2v) is 3.64. The quantitative estimate of drug-likeness (QED) is 0.779. The van der Waals surface area contributed by atoms with E-state index in [1.54, 1.807) is 0 Å². The maximum absolute atomic E-state index is 7.00. The highest BCUT2D eigenvalue weighted by molar-refractivity contribution is 5.31. The second kappa shape index (κ2) is 9.61. The van der Waals surface area contributed by atoms with Crippen molar-refractivity contribution in [1.82, 2.24) is 0 Å². The first-order valence-corrected chi connectivity index (χ1v) is 5.71. The van der Waals surface area contributed by atoms with Crippen LogP contribution < -0.4 is 0 Å². The van der Waals surface area contributed by atoms with Crippen molar-refractivity contribution >= 4 is 0 Å². The van der Waals surface area contributed by atoms with E-state index in [1.165, 1.54) is 16.7 Å². The summed E-state index contributed by atoms with van der Waals surface area (Å²) in [4.78, 5) is 0. The van der Waals surface area contributed by atoms with Crippen molar-refractivity contribution in [1.29, 1.82) is 0 Å². The van der Waals surface area contributed by atoms with Crippen LogP contribution in [0.3, 0.4) is 0 Å². The van der Waals surface area contributed by atoms with E-state index < -0.39 is 0 Å². The largest absolute Gasteiger partial charge is 0.400 e. The van der Waals surface area contributed by atoms with Crippen molar-refractivity contribution in [3.63, 3.8) is 0 Å². The molecular formula is C16H22O. The minimum Gasteiger partial charge on any atom is -0.400 e. The predicted octanol–water partition coefficient (Wildman–Crippen LogP) is 3.83. The average Bonchev–Trinajstić information content (AvgIpc) is 2.35. The van der Waals surface area contributed by atoms with E-state index in [1.807, 2.05) is 13.0 Å². The molecule has 1 heteroatoms. The third kappa shape index (κ3) is 6.54. The summed E-state index contributed by atoms with van der Waals surface area (Å²) in [5, 5.41) is 7.00. The Morgan fingerprint density at radius 2 is 1.82 bits per heavy atom. The maximum Gasteiger partial charge on any atom is 0.0319 e. The Morgan fingerprint density at radius 1 is 1.24 bits per heavy atom. The lowest BCUT2D eigenvalue weighted by molar-refractivity contribution is 0.399. The van der Waals surface area contributed by atoms with Gasteiger partial charge in [-0.3, -0.25) is 0 Å². The van der Waals surface area contributed by atoms with E-state index in [0.717, 1.165) is 13.5 Å². The van der Waals surface area contributed by atoms with E-state index in [0.29, 0.717) is 0 Å². The van der Waals surface area contributed by atoms with Gasteiger partial charge in [-0.15, -0.1) is 0 Å². The van der Waals surface area contributed by atoms with Gasteiger partial charge in [0.05, 0.1) is 0 Å². The third-order valence-electron chi connectivity index (χ3n) is 2.24. The summed E-state index contributed by atoms with van der Waals surface area (Å²) in [6.45, 7) is 7.87. The van der Waals surface area contributed by atoms with Crippen LogP contribution in [0.15, 0.2) is 60.7 Å². The standard InChI is InChI=1S/C15H18.CH4O/c1-4-6-14(7-5-2)12-15-10-8-13(3)9-11-15;1-2/h4-11H,1,12H2,2-3H3;2H,1H3/b7-5-,14-6+;. The van der Waals surface area contributed by atoms with E-state index in [4.69, 9.17) is 5.11 Å². The lowest BCUT2D eigenvalue weighted by Crippen LogP contribution is -1.87. The fourth-order valence-corrected chi connectivity index (χ4v) is 1.48. The van der Waals surface area contributed by atoms with Gasteiger partial charge >= 0.3 is 0 Å². The molecule has 0 atom stereocenters. The van der Waals surface area contributed by atoms with Gasteiger partial charge in [-0.1, -0.05) is 60.7 Å². The Hall–Kier alpha value is -1.60. The highest BCUT2D eigenvalue weighted by atomic mass is 16.2. The molecule has 0 aromatic heterocycles. The molecule has 1 aromatic rings. The fourth-order valence-electron chi connectivity index (χ4n) is 1.48. The topological polar surface area (TPSA) is 20.2 Å². The zero-order valence-electron chi connectivity index (χ0n) is 11.0. The Kier molecular flexibility index (Phi) is 8.71. The van der Waals surface area contributed by atoms with Crippen LogP contribution >= 0.6 is 0 Å². The Morgan fingerprint density at radius 3 is 2.29 bits per heavy atom. The molecule has 1 nitrogen and oxygen atoms in total. The maximum atomic E-state index is 7.00. The predicted molar refractivity (Wildman–Crippen MR) is 76.1 cm³/mol. The lowest BCUT2D eigenvalue weighted by Gasteiger charge is -2.02. The van der Waals surface area contributed by atoms with Crippen LogP contribution in [0.2, 0.25) is 0 Å². The summed E-state index contributed by atoms with van der Waals surface area (Å²) in [6, 6.07) is 8.65. The van der Waals surface area contributed by atoms with E-state index in [-0.39, 0.29) is 0 Å². The van der Waals surface area contributed by atoms with Crippen LogP contribution in [-0.2, 0) is 6.42 Å². The van der Waals surface area contributed by atoms with Gasteiger partial charge in [0.15, 0.2) is 0 Å². The molecule has 1 N–H and O–H groups in total. The first kappa shape index (κ1) is 15.4. The number of aliphatic hydroxyl groups excluding tert-OH is 1. The van der Waals surface area contributed by atoms with Crippen LogP contribution in [0.4, 0.5) is 0 Å². The Bertz CT molecular complexity index is 369. The van der Waals surface area contributed by atoms with Gasteiger partial charge in [-0.05, 0) is 31.4 Å². The lowest BCUT2D eigenvalue weighted by atomic mass is 10.0. The van der Waals surface area contributed by atoms with Crippen LogP contribution in [0.25, 0.3) is 0 Å². The molecule has 0 bridgehead atoms. The monoisotopic (exact) mass is 230 g/mol. The molecule has 0 aliphatic carbocycles. The fraction of sp³-hybridized carbons (Fsp3) is 0.250. The molecular weight excluding hydrogens is 208 g/mol. The summed E-state index contributed by atoms with van der Waals surface area (Å²) in [6.07, 6.45) is 9.05. The van der Waals surface area contributed by atoms with E-state index in [2.05, 4.69) is 56.0 Å². The van der Waals surface area contributed by atoms with Crippen LogP contribution in [0.5, 0.6) is 0 Å². The van der Waals surface area contributed by atoms with Gasteiger partial charge in [0, 0.05) is 7.11 Å². The van der Waals surface area contributed by atoms with E-state index in [9.17, 15) is 0 Å². The molecule has 0 heterocycles. The van der Waals surface area contributed by atoms with Crippen LogP contribution in [-0.4, -0.2) is 12.2 Å². The molecule has 0 fully saturated rings. The molecule has 0 saturated heterocycles. The zero-order chi connectivity index (χ0) is 13.1. The number of benzene rings is 1. The smallest absolute Gasteiger partial charge is 0.0319 e. The number of aliphatic hydroxyl groups is 1. The van der Waals surface area contributed by atoms with Gasteiger partial charge in [-0.25, -0.2) is 0 Å². The van der Waals surface area contributed by atoms with Crippen molar-refractivity contribution in [2.75, 3.05) is 7.11 Å². The molecule has 92 valence electrons. The molecule has 0 saturated carbocycles. The van der Waals surface area contributed by atoms with Crippen molar-refractivity contribution < 1.29 is 5.11 Å². The molecule has 0 aliphatic rings. The van der Waals surface area contributed by atoms with Crippen molar-refractivity contribution in [2.24, 2.45) is 0 Å². The molecule has 0 amide bonds. The van der Waals surface area contributed by atoms with Crippen molar-refractivity contribution in [3.05, 3.63) is 71.8 Å². The first-order valence-electron chi connectivity index (χ1n) is 5.71. The minimum atomic E-state index is 0.969. The first-order chi connectivity index (χ1) is 8.26.